The van der Waals surface area contributed by atoms with Gasteiger partial charge in [0.1, 0.15) is 34.1 Å². The molecule has 3 N–H and O–H groups in total. The van der Waals surface area contributed by atoms with Crippen molar-refractivity contribution in [3.05, 3.63) is 72.3 Å². The largest absolute Gasteiger partial charge is 0.486 e. The van der Waals surface area contributed by atoms with Crippen molar-refractivity contribution in [2.45, 2.75) is 54.2 Å². The van der Waals surface area contributed by atoms with E-state index >= 15 is 0 Å². The molecule has 0 bridgehead atoms. The molecule has 10 heterocycles. The first-order chi connectivity index (χ1) is 34.3. The third kappa shape index (κ3) is 8.20. The number of fused-ring (bicyclic) bond motifs is 8. The Morgan fingerprint density at radius 3 is 1.61 bits per heavy atom. The van der Waals surface area contributed by atoms with Crippen LogP contribution >= 0.6 is 0 Å². The predicted octanol–water partition coefficient (Wildman–Crippen LogP) is 4.56. The quantitative estimate of drug-likeness (QED) is 0.199. The first-order valence-corrected chi connectivity index (χ1v) is 28.0. The van der Waals surface area contributed by atoms with Gasteiger partial charge in [0.25, 0.3) is 0 Å². The maximum atomic E-state index is 13.6. The van der Waals surface area contributed by atoms with Gasteiger partial charge in [-0.25, -0.2) is 41.6 Å². The van der Waals surface area contributed by atoms with E-state index < -0.39 is 35.3 Å². The van der Waals surface area contributed by atoms with Crippen molar-refractivity contribution >= 4 is 59.2 Å². The van der Waals surface area contributed by atoms with Gasteiger partial charge in [0.2, 0.25) is 0 Å². The molecule has 6 aliphatic rings. The maximum absolute atomic E-state index is 13.6. The fourth-order valence-corrected chi connectivity index (χ4v) is 14.0. The molecule has 0 spiro atoms. The first-order valence-electron chi connectivity index (χ1n) is 24.2. The van der Waals surface area contributed by atoms with Crippen molar-refractivity contribution < 1.29 is 45.3 Å². The van der Waals surface area contributed by atoms with Crippen LogP contribution in [0.5, 0.6) is 11.5 Å². The number of aromatic amines is 2. The smallest absolute Gasteiger partial charge is 0.409 e. The summed E-state index contributed by atoms with van der Waals surface area (Å²) in [6.45, 7) is 7.96. The van der Waals surface area contributed by atoms with Crippen LogP contribution in [0.2, 0.25) is 0 Å². The Morgan fingerprint density at radius 1 is 0.662 bits per heavy atom. The number of aromatic nitrogens is 6. The second-order valence-corrected chi connectivity index (χ2v) is 23.7. The van der Waals surface area contributed by atoms with E-state index in [9.17, 15) is 21.6 Å². The summed E-state index contributed by atoms with van der Waals surface area (Å²) in [7, 11) is -7.19. The number of benzene rings is 2. The molecule has 6 aliphatic heterocycles. The average Bonchev–Trinajstić information content (AvgIpc) is 4.09. The molecule has 6 aromatic rings. The number of carbonyl (C=O) groups excluding carboxylic acids is 1. The maximum Gasteiger partial charge on any atom is 0.409 e. The van der Waals surface area contributed by atoms with Crippen molar-refractivity contribution in [3.8, 4) is 34.3 Å². The fourth-order valence-electron chi connectivity index (χ4n) is 11.1. The van der Waals surface area contributed by atoms with E-state index in [1.165, 1.54) is 12.5 Å². The predicted molar refractivity (Wildman–Crippen MR) is 267 cm³/mol. The van der Waals surface area contributed by atoms with Gasteiger partial charge >= 0.3 is 6.09 Å². The Morgan fingerprint density at radius 2 is 1.14 bits per heavy atom. The molecule has 4 saturated heterocycles. The SMILES string of the molecule is CCOC(=O)N1CCC(c2nc(-c3cccc4[nH]ccc34)nc3c2OC[C@@H]2COCCN32)(S(C)(=O)=O)CC1.CS(=O)(=O)C1(c2nc(-c3cccc4[nH]ccc34)nc3c2OC[C@@H]2COCCN32)CCNCC1. The van der Waals surface area contributed by atoms with Crippen molar-refractivity contribution in [2.75, 3.05) is 108 Å². The van der Waals surface area contributed by atoms with Gasteiger partial charge in [-0.2, -0.15) is 0 Å². The summed E-state index contributed by atoms with van der Waals surface area (Å²) in [5.41, 5.74) is 4.44. The molecule has 22 heteroatoms. The first kappa shape index (κ1) is 47.3. The van der Waals surface area contributed by atoms with Crippen LogP contribution in [0.4, 0.5) is 16.4 Å². The van der Waals surface area contributed by atoms with E-state index in [4.69, 9.17) is 43.6 Å². The number of amides is 1. The van der Waals surface area contributed by atoms with Crippen LogP contribution < -0.4 is 24.6 Å². The number of likely N-dealkylation sites (tertiary alicyclic amines) is 1. The third-order valence-corrected chi connectivity index (χ3v) is 19.0. The molecule has 12 rings (SSSR count). The summed E-state index contributed by atoms with van der Waals surface area (Å²) in [4.78, 5) is 44.7. The van der Waals surface area contributed by atoms with Gasteiger partial charge in [0, 0.05) is 84.0 Å². The fraction of sp³-hybridized carbons (Fsp3) is 0.490. The van der Waals surface area contributed by atoms with Crippen molar-refractivity contribution in [3.63, 3.8) is 0 Å². The minimum absolute atomic E-state index is 0.0188. The minimum atomic E-state index is -3.69. The van der Waals surface area contributed by atoms with Gasteiger partial charge in [-0.1, -0.05) is 24.3 Å². The van der Waals surface area contributed by atoms with Crippen LogP contribution in [-0.4, -0.2) is 168 Å². The van der Waals surface area contributed by atoms with Crippen LogP contribution in [0.25, 0.3) is 44.6 Å². The van der Waals surface area contributed by atoms with Gasteiger partial charge in [0.15, 0.2) is 54.5 Å². The average molecular weight is 1010 g/mol. The number of hydrogen-bond acceptors (Lipinski definition) is 17. The van der Waals surface area contributed by atoms with E-state index in [1.807, 2.05) is 60.9 Å². The highest BCUT2D eigenvalue weighted by Crippen LogP contribution is 2.50. The lowest BCUT2D eigenvalue weighted by molar-refractivity contribution is 0.0685. The second-order valence-electron chi connectivity index (χ2n) is 19.0. The molecule has 376 valence electrons. The number of hydrogen-bond donors (Lipinski definition) is 3. The molecular weight excluding hydrogens is 953 g/mol. The standard InChI is InChI=1S/C26H31N5O6S.C23H27N5O4S/c1-3-36-25(32)30-11-8-26(9-12-30,38(2,33)34)22-21-24(31-13-14-35-15-17(31)16-37-21)29-23(28-22)19-5-4-6-20-18(19)7-10-27-20;1-33(29,30)23(6-9-24-10-7-23)20-19-22(28-11-12-31-13-15(28)14-32-19)27-21(26-20)17-3-2-4-18-16(17)5-8-25-18/h4-7,10,17,27H,3,8-9,11-16H2,1-2H3;2-5,8,15,24-25H,6-7,9-14H2,1H3/t17-;15-/m00/s1. The molecule has 2 atom stereocenters. The number of ether oxygens (including phenoxy) is 5. The number of rotatable bonds is 7. The topological polar surface area (TPSA) is 236 Å². The number of carbonyl (C=O) groups is 1. The molecule has 0 unspecified atom stereocenters. The number of morpholine rings is 2. The van der Waals surface area contributed by atoms with Crippen LogP contribution in [0.1, 0.15) is 44.0 Å². The van der Waals surface area contributed by atoms with Crippen LogP contribution in [0, 0.1) is 0 Å². The zero-order valence-corrected chi connectivity index (χ0v) is 41.6. The minimum Gasteiger partial charge on any atom is -0.486 e. The highest BCUT2D eigenvalue weighted by Gasteiger charge is 2.52. The summed E-state index contributed by atoms with van der Waals surface area (Å²) in [5, 5.41) is 5.24. The Bertz CT molecular complexity index is 3220. The van der Waals surface area contributed by atoms with E-state index in [0.29, 0.717) is 125 Å². The molecule has 20 nitrogen and oxygen atoms in total. The van der Waals surface area contributed by atoms with E-state index in [0.717, 1.165) is 32.9 Å². The Hall–Kier alpha value is -6.07. The third-order valence-electron chi connectivity index (χ3n) is 15.0. The molecule has 1 amide bonds. The molecule has 0 aliphatic carbocycles. The molecule has 4 fully saturated rings. The van der Waals surface area contributed by atoms with E-state index in [1.54, 1.807) is 11.8 Å². The summed E-state index contributed by atoms with van der Waals surface area (Å²) in [6, 6.07) is 15.8. The Kier molecular flexibility index (Phi) is 12.3. The molecule has 0 radical (unpaired) electrons. The molecular formula is C49H58N10O10S2. The number of nitrogens with one attached hydrogen (secondary N) is 3. The number of nitrogens with zero attached hydrogens (tertiary/aromatic N) is 7. The van der Waals surface area contributed by atoms with Crippen LogP contribution in [0.3, 0.4) is 0 Å². The van der Waals surface area contributed by atoms with Crippen molar-refractivity contribution in [2.24, 2.45) is 0 Å². The summed E-state index contributed by atoms with van der Waals surface area (Å²) < 4.78 is 80.4. The molecule has 71 heavy (non-hydrogen) atoms. The monoisotopic (exact) mass is 1010 g/mol. The number of H-pyrrole nitrogens is 2. The zero-order valence-electron chi connectivity index (χ0n) is 40.0. The van der Waals surface area contributed by atoms with Gasteiger partial charge < -0.3 is 53.7 Å². The Balaban J connectivity index is 0.000000155. The number of sulfone groups is 2. The summed E-state index contributed by atoms with van der Waals surface area (Å²) >= 11 is 0. The number of piperidine rings is 2. The van der Waals surface area contributed by atoms with Gasteiger partial charge in [0.05, 0.1) is 45.1 Å². The highest BCUT2D eigenvalue weighted by molar-refractivity contribution is 7.92. The van der Waals surface area contributed by atoms with Gasteiger partial charge in [-0.05, 0) is 70.0 Å². The highest BCUT2D eigenvalue weighted by atomic mass is 32.2. The normalized spacial score (nSPS) is 21.6. The number of anilines is 2. The lowest BCUT2D eigenvalue weighted by atomic mass is 9.90. The van der Waals surface area contributed by atoms with E-state index in [-0.39, 0.29) is 44.6 Å². The lowest BCUT2D eigenvalue weighted by Gasteiger charge is -2.44. The van der Waals surface area contributed by atoms with Crippen molar-refractivity contribution in [1.82, 2.24) is 40.1 Å². The molecule has 4 aromatic heterocycles. The lowest BCUT2D eigenvalue weighted by Crippen LogP contribution is -2.53. The Labute approximate surface area is 411 Å². The van der Waals surface area contributed by atoms with Crippen LogP contribution in [0.15, 0.2) is 60.9 Å². The van der Waals surface area contributed by atoms with Crippen LogP contribution in [-0.2, 0) is 43.4 Å². The van der Waals surface area contributed by atoms with Gasteiger partial charge in [-0.3, -0.25) is 0 Å². The summed E-state index contributed by atoms with van der Waals surface area (Å²) in [5.74, 6) is 3.13. The molecule has 2 aromatic carbocycles. The van der Waals surface area contributed by atoms with Crippen molar-refractivity contribution in [1.29, 1.82) is 0 Å². The summed E-state index contributed by atoms with van der Waals surface area (Å²) in [6.07, 6.45) is 7.12. The van der Waals surface area contributed by atoms with Gasteiger partial charge in [-0.15, -0.1) is 0 Å². The second kappa shape index (κ2) is 18.5. The van der Waals surface area contributed by atoms with E-state index in [2.05, 4.69) is 25.1 Å². The molecule has 0 saturated carbocycles. The zero-order chi connectivity index (χ0) is 49.1.